The van der Waals surface area contributed by atoms with Crippen LogP contribution in [0.25, 0.3) is 0 Å². The molecule has 2 aromatic rings. The lowest BCUT2D eigenvalue weighted by atomic mass is 10.1. The lowest BCUT2D eigenvalue weighted by Gasteiger charge is -2.25. The second-order valence-corrected chi connectivity index (χ2v) is 10.9. The third-order valence-electron chi connectivity index (χ3n) is 6.16. The minimum Gasteiger partial charge on any atom is -0.457 e. The van der Waals surface area contributed by atoms with Gasteiger partial charge in [0.15, 0.2) is 6.61 Å². The number of rotatable bonds is 9. The van der Waals surface area contributed by atoms with Crippen molar-refractivity contribution in [2.75, 3.05) is 19.7 Å². The summed E-state index contributed by atoms with van der Waals surface area (Å²) in [7, 11) is -3.46. The molecule has 3 rings (SSSR count). The predicted molar refractivity (Wildman–Crippen MR) is 127 cm³/mol. The molecule has 1 aliphatic rings. The fraction of sp³-hybridized carbons (Fsp3) is 0.520. The molecule has 0 bridgehead atoms. The number of hydrogen-bond acceptors (Lipinski definition) is 5. The molecule has 0 unspecified atom stereocenters. The second kappa shape index (κ2) is 10.7. The van der Waals surface area contributed by atoms with Gasteiger partial charge in [0.2, 0.25) is 15.8 Å². The highest BCUT2D eigenvalue weighted by Crippen LogP contribution is 2.22. The van der Waals surface area contributed by atoms with Crippen LogP contribution in [0, 0.1) is 13.8 Å². The standard InChI is InChI=1S/C25H34N2O5S/c1-18(2)27-19(3)16-23(20(27)4)24(28)17-32-25(29)13-10-21-8-11-22(12-9-21)33(30,31)26-14-6-5-7-15-26/h8-9,11-12,16,18H,5-7,10,13-15,17H2,1-4H3. The highest BCUT2D eigenvalue weighted by Gasteiger charge is 2.25. The van der Waals surface area contributed by atoms with E-state index in [1.54, 1.807) is 28.6 Å². The molecular formula is C25H34N2O5S. The fourth-order valence-corrected chi connectivity index (χ4v) is 6.00. The third-order valence-corrected chi connectivity index (χ3v) is 8.07. The van der Waals surface area contributed by atoms with Gasteiger partial charge >= 0.3 is 5.97 Å². The molecule has 2 heterocycles. The van der Waals surface area contributed by atoms with Gasteiger partial charge < -0.3 is 9.30 Å². The summed E-state index contributed by atoms with van der Waals surface area (Å²) in [5.74, 6) is -0.665. The summed E-state index contributed by atoms with van der Waals surface area (Å²) in [6.45, 7) is 8.82. The van der Waals surface area contributed by atoms with Crippen LogP contribution in [0.3, 0.4) is 0 Å². The predicted octanol–water partition coefficient (Wildman–Crippen LogP) is 4.22. The van der Waals surface area contributed by atoms with E-state index >= 15 is 0 Å². The van der Waals surface area contributed by atoms with Crippen LogP contribution in [0.4, 0.5) is 0 Å². The van der Waals surface area contributed by atoms with E-state index in [1.807, 2.05) is 19.9 Å². The Hall–Kier alpha value is -2.45. The van der Waals surface area contributed by atoms with Crippen molar-refractivity contribution in [2.24, 2.45) is 0 Å². The Morgan fingerprint density at radius 2 is 1.67 bits per heavy atom. The van der Waals surface area contributed by atoms with Gasteiger partial charge in [-0.25, -0.2) is 8.42 Å². The van der Waals surface area contributed by atoms with E-state index in [2.05, 4.69) is 18.4 Å². The van der Waals surface area contributed by atoms with Crippen molar-refractivity contribution in [3.05, 3.63) is 52.8 Å². The summed E-state index contributed by atoms with van der Waals surface area (Å²) in [6.07, 6.45) is 3.39. The first-order chi connectivity index (χ1) is 15.6. The number of aryl methyl sites for hydroxylation is 2. The van der Waals surface area contributed by atoms with Gasteiger partial charge in [0.1, 0.15) is 0 Å². The first-order valence-corrected chi connectivity index (χ1v) is 13.0. The van der Waals surface area contributed by atoms with Crippen molar-refractivity contribution < 1.29 is 22.7 Å². The maximum Gasteiger partial charge on any atom is 0.306 e. The molecule has 1 aromatic heterocycles. The van der Waals surface area contributed by atoms with E-state index in [0.29, 0.717) is 25.1 Å². The number of carbonyl (C=O) groups is 2. The van der Waals surface area contributed by atoms with E-state index in [4.69, 9.17) is 4.74 Å². The number of ketones is 1. The minimum atomic E-state index is -3.46. The van der Waals surface area contributed by atoms with Gasteiger partial charge in [-0.15, -0.1) is 0 Å². The number of nitrogens with zero attached hydrogens (tertiary/aromatic N) is 2. The van der Waals surface area contributed by atoms with Gasteiger partial charge in [-0.1, -0.05) is 18.6 Å². The summed E-state index contributed by atoms with van der Waals surface area (Å²) in [4.78, 5) is 25.0. The Kier molecular flexibility index (Phi) is 8.13. The highest BCUT2D eigenvalue weighted by atomic mass is 32.2. The molecule has 0 N–H and O–H groups in total. The quantitative estimate of drug-likeness (QED) is 0.401. The van der Waals surface area contributed by atoms with Crippen LogP contribution in [0.5, 0.6) is 0 Å². The first-order valence-electron chi connectivity index (χ1n) is 11.6. The van der Waals surface area contributed by atoms with Crippen molar-refractivity contribution in [1.82, 2.24) is 8.87 Å². The van der Waals surface area contributed by atoms with Crippen molar-refractivity contribution in [2.45, 2.75) is 70.7 Å². The number of ether oxygens (including phenoxy) is 1. The zero-order valence-electron chi connectivity index (χ0n) is 20.0. The molecule has 1 aliphatic heterocycles. The number of esters is 1. The second-order valence-electron chi connectivity index (χ2n) is 8.94. The SMILES string of the molecule is Cc1cc(C(=O)COC(=O)CCc2ccc(S(=O)(=O)N3CCCCC3)cc2)c(C)n1C(C)C. The Morgan fingerprint density at radius 3 is 2.24 bits per heavy atom. The van der Waals surface area contributed by atoms with Crippen LogP contribution in [0.2, 0.25) is 0 Å². The molecule has 1 fully saturated rings. The maximum absolute atomic E-state index is 12.7. The van der Waals surface area contributed by atoms with E-state index in [9.17, 15) is 18.0 Å². The van der Waals surface area contributed by atoms with E-state index in [0.717, 1.165) is 36.2 Å². The Bertz CT molecular complexity index is 1090. The van der Waals surface area contributed by atoms with Gasteiger partial charge in [-0.2, -0.15) is 4.31 Å². The molecule has 0 spiro atoms. The smallest absolute Gasteiger partial charge is 0.306 e. The molecule has 0 radical (unpaired) electrons. The Balaban J connectivity index is 1.51. The summed E-state index contributed by atoms with van der Waals surface area (Å²) in [6, 6.07) is 8.74. The lowest BCUT2D eigenvalue weighted by molar-refractivity contribution is -0.142. The Labute approximate surface area is 196 Å². The van der Waals surface area contributed by atoms with Crippen molar-refractivity contribution >= 4 is 21.8 Å². The van der Waals surface area contributed by atoms with Crippen LogP contribution in [0.1, 0.15) is 72.9 Å². The molecule has 0 saturated carbocycles. The fourth-order valence-electron chi connectivity index (χ4n) is 4.48. The molecule has 1 aromatic carbocycles. The monoisotopic (exact) mass is 474 g/mol. The molecule has 33 heavy (non-hydrogen) atoms. The summed E-state index contributed by atoms with van der Waals surface area (Å²) >= 11 is 0. The number of Topliss-reactive ketones (excluding diaryl/α,β-unsaturated/α-hetero) is 1. The maximum atomic E-state index is 12.7. The minimum absolute atomic E-state index is 0.122. The normalized spacial score (nSPS) is 15.1. The zero-order valence-corrected chi connectivity index (χ0v) is 20.8. The number of hydrogen-bond donors (Lipinski definition) is 0. The van der Waals surface area contributed by atoms with Crippen LogP contribution in [-0.4, -0.2) is 48.7 Å². The van der Waals surface area contributed by atoms with Gasteiger partial charge in [0.05, 0.1) is 4.90 Å². The average molecular weight is 475 g/mol. The molecule has 1 saturated heterocycles. The number of carbonyl (C=O) groups excluding carboxylic acids is 2. The average Bonchev–Trinajstić information content (AvgIpc) is 3.11. The van der Waals surface area contributed by atoms with Gasteiger partial charge in [0, 0.05) is 42.5 Å². The number of sulfonamides is 1. The van der Waals surface area contributed by atoms with Crippen molar-refractivity contribution in [3.63, 3.8) is 0 Å². The molecular weight excluding hydrogens is 440 g/mol. The van der Waals surface area contributed by atoms with Crippen LogP contribution < -0.4 is 0 Å². The van der Waals surface area contributed by atoms with Crippen LogP contribution >= 0.6 is 0 Å². The molecule has 0 atom stereocenters. The number of piperidine rings is 1. The van der Waals surface area contributed by atoms with Crippen molar-refractivity contribution in [3.8, 4) is 0 Å². The van der Waals surface area contributed by atoms with Crippen molar-refractivity contribution in [1.29, 1.82) is 0 Å². The summed E-state index contributed by atoms with van der Waals surface area (Å²) in [5, 5.41) is 0. The van der Waals surface area contributed by atoms with Gasteiger partial charge in [-0.05, 0) is 70.7 Å². The van der Waals surface area contributed by atoms with E-state index in [1.165, 1.54) is 0 Å². The number of benzene rings is 1. The highest BCUT2D eigenvalue weighted by molar-refractivity contribution is 7.89. The lowest BCUT2D eigenvalue weighted by Crippen LogP contribution is -2.35. The third kappa shape index (κ3) is 5.92. The zero-order chi connectivity index (χ0) is 24.2. The molecule has 8 heteroatoms. The van der Waals surface area contributed by atoms with E-state index < -0.39 is 16.0 Å². The first kappa shape index (κ1) is 25.2. The molecule has 7 nitrogen and oxygen atoms in total. The van der Waals surface area contributed by atoms with Gasteiger partial charge in [0.25, 0.3) is 0 Å². The summed E-state index contributed by atoms with van der Waals surface area (Å²) < 4.78 is 34.3. The molecule has 0 aliphatic carbocycles. The summed E-state index contributed by atoms with van der Waals surface area (Å²) in [5.41, 5.74) is 3.31. The molecule has 0 amide bonds. The topological polar surface area (TPSA) is 85.7 Å². The van der Waals surface area contributed by atoms with E-state index in [-0.39, 0.29) is 29.7 Å². The van der Waals surface area contributed by atoms with Gasteiger partial charge in [-0.3, -0.25) is 9.59 Å². The largest absolute Gasteiger partial charge is 0.457 e. The molecule has 180 valence electrons. The number of aromatic nitrogens is 1. The van der Waals surface area contributed by atoms with Crippen LogP contribution in [-0.2, 0) is 26.0 Å². The Morgan fingerprint density at radius 1 is 1.03 bits per heavy atom. The van der Waals surface area contributed by atoms with Crippen LogP contribution in [0.15, 0.2) is 35.2 Å².